The zero-order valence-corrected chi connectivity index (χ0v) is 18.1. The van der Waals surface area contributed by atoms with Crippen molar-refractivity contribution in [1.82, 2.24) is 0 Å². The SMILES string of the molecule is CC(=O)/C=C/c1ccc(OC2c3ccc(O)cc3SC2c2ccc(F)cc2C(F)(F)F)cc1. The number of ether oxygens (including phenoxy) is 1. The fourth-order valence-electron chi connectivity index (χ4n) is 3.61. The number of alkyl halides is 3. The highest BCUT2D eigenvalue weighted by Gasteiger charge is 2.42. The van der Waals surface area contributed by atoms with E-state index in [1.807, 2.05) is 0 Å². The standard InChI is InChI=1S/C25H18F4O3S/c1-14(30)2-3-15-4-8-18(9-5-15)32-23-20-11-7-17(31)13-22(20)33-24(23)19-10-6-16(26)12-21(19)25(27,28)29/h2-13,23-24,31H,1H3/b3-2+. The van der Waals surface area contributed by atoms with Gasteiger partial charge >= 0.3 is 6.18 Å². The molecule has 1 aliphatic rings. The number of hydrogen-bond acceptors (Lipinski definition) is 4. The first kappa shape index (κ1) is 22.9. The summed E-state index contributed by atoms with van der Waals surface area (Å²) in [6.07, 6.45) is -2.48. The van der Waals surface area contributed by atoms with E-state index in [4.69, 9.17) is 4.74 Å². The number of phenolic OH excluding ortho intramolecular Hbond substituents is 1. The van der Waals surface area contributed by atoms with Gasteiger partial charge in [0.1, 0.15) is 23.4 Å². The van der Waals surface area contributed by atoms with E-state index < -0.39 is 28.9 Å². The molecule has 0 fully saturated rings. The normalized spacial score (nSPS) is 17.8. The number of phenols is 1. The molecule has 0 aromatic heterocycles. The molecule has 170 valence electrons. The summed E-state index contributed by atoms with van der Waals surface area (Å²) in [5.74, 6) is -0.670. The highest BCUT2D eigenvalue weighted by atomic mass is 32.2. The van der Waals surface area contributed by atoms with Gasteiger partial charge in [0, 0.05) is 10.5 Å². The van der Waals surface area contributed by atoms with Gasteiger partial charge in [-0.05, 0) is 60.5 Å². The maximum Gasteiger partial charge on any atom is 0.416 e. The zero-order valence-electron chi connectivity index (χ0n) is 17.3. The quantitative estimate of drug-likeness (QED) is 0.316. The number of rotatable bonds is 5. The predicted octanol–water partition coefficient (Wildman–Crippen LogP) is 7.12. The number of benzene rings is 3. The third kappa shape index (κ3) is 5.06. The van der Waals surface area contributed by atoms with Gasteiger partial charge in [0.2, 0.25) is 0 Å². The van der Waals surface area contributed by atoms with Gasteiger partial charge in [-0.2, -0.15) is 13.2 Å². The van der Waals surface area contributed by atoms with E-state index in [-0.39, 0.29) is 17.1 Å². The Labute approximate surface area is 191 Å². The van der Waals surface area contributed by atoms with E-state index in [2.05, 4.69) is 0 Å². The number of thioether (sulfide) groups is 1. The highest BCUT2D eigenvalue weighted by Crippen LogP contribution is 2.57. The molecule has 4 rings (SSSR count). The Hall–Kier alpha value is -3.26. The Morgan fingerprint density at radius 2 is 1.73 bits per heavy atom. The van der Waals surface area contributed by atoms with Crippen molar-refractivity contribution in [3.05, 3.63) is 94.8 Å². The summed E-state index contributed by atoms with van der Waals surface area (Å²) in [5.41, 5.74) is 0.227. The van der Waals surface area contributed by atoms with E-state index in [0.717, 1.165) is 29.5 Å². The van der Waals surface area contributed by atoms with Crippen molar-refractivity contribution in [3.8, 4) is 11.5 Å². The molecule has 0 amide bonds. The molecule has 8 heteroatoms. The van der Waals surface area contributed by atoms with Crippen LogP contribution in [0.2, 0.25) is 0 Å². The summed E-state index contributed by atoms with van der Waals surface area (Å²) >= 11 is 1.13. The van der Waals surface area contributed by atoms with E-state index in [1.165, 1.54) is 25.1 Å². The molecule has 33 heavy (non-hydrogen) atoms. The molecule has 0 spiro atoms. The smallest absolute Gasteiger partial charge is 0.416 e. The van der Waals surface area contributed by atoms with Crippen molar-refractivity contribution in [2.45, 2.75) is 29.3 Å². The lowest BCUT2D eigenvalue weighted by Gasteiger charge is -2.24. The lowest BCUT2D eigenvalue weighted by Crippen LogP contribution is -2.16. The van der Waals surface area contributed by atoms with Crippen molar-refractivity contribution in [2.24, 2.45) is 0 Å². The fourth-order valence-corrected chi connectivity index (χ4v) is 5.05. The van der Waals surface area contributed by atoms with Crippen LogP contribution in [0.5, 0.6) is 11.5 Å². The molecular weight excluding hydrogens is 456 g/mol. The lowest BCUT2D eigenvalue weighted by molar-refractivity contribution is -0.138. The molecule has 2 unspecified atom stereocenters. The van der Waals surface area contributed by atoms with Crippen LogP contribution in [0.4, 0.5) is 17.6 Å². The van der Waals surface area contributed by atoms with Crippen LogP contribution in [-0.4, -0.2) is 10.9 Å². The van der Waals surface area contributed by atoms with Crippen LogP contribution < -0.4 is 4.74 Å². The molecule has 1 aliphatic heterocycles. The minimum atomic E-state index is -4.75. The van der Waals surface area contributed by atoms with Crippen molar-refractivity contribution in [1.29, 1.82) is 0 Å². The van der Waals surface area contributed by atoms with Gasteiger partial charge in [-0.25, -0.2) is 4.39 Å². The summed E-state index contributed by atoms with van der Waals surface area (Å²) in [6.45, 7) is 1.44. The molecule has 0 saturated heterocycles. The molecule has 3 aromatic carbocycles. The van der Waals surface area contributed by atoms with Crippen LogP contribution in [0, 0.1) is 5.82 Å². The first-order valence-corrected chi connectivity index (χ1v) is 10.8. The van der Waals surface area contributed by atoms with Crippen LogP contribution in [0.3, 0.4) is 0 Å². The van der Waals surface area contributed by atoms with Crippen molar-refractivity contribution in [2.75, 3.05) is 0 Å². The van der Waals surface area contributed by atoms with Crippen LogP contribution in [0.15, 0.2) is 71.6 Å². The first-order valence-electron chi connectivity index (χ1n) is 9.93. The monoisotopic (exact) mass is 474 g/mol. The molecule has 1 heterocycles. The highest BCUT2D eigenvalue weighted by molar-refractivity contribution is 8.00. The molecule has 2 atom stereocenters. The minimum Gasteiger partial charge on any atom is -0.508 e. The van der Waals surface area contributed by atoms with Crippen molar-refractivity contribution >= 4 is 23.6 Å². The number of ketones is 1. The van der Waals surface area contributed by atoms with Gasteiger partial charge in [-0.15, -0.1) is 11.8 Å². The Bertz CT molecular complexity index is 1220. The lowest BCUT2D eigenvalue weighted by atomic mass is 9.96. The number of aromatic hydroxyl groups is 1. The Balaban J connectivity index is 1.72. The number of carbonyl (C=O) groups excluding carboxylic acids is 1. The van der Waals surface area contributed by atoms with Gasteiger partial charge in [-0.3, -0.25) is 4.79 Å². The zero-order chi connectivity index (χ0) is 23.8. The number of carbonyl (C=O) groups is 1. The molecular formula is C25H18F4O3S. The minimum absolute atomic E-state index is 0.0163. The van der Waals surface area contributed by atoms with E-state index in [1.54, 1.807) is 36.4 Å². The van der Waals surface area contributed by atoms with Crippen LogP contribution in [-0.2, 0) is 11.0 Å². The maximum atomic E-state index is 13.7. The van der Waals surface area contributed by atoms with Crippen molar-refractivity contribution < 1.29 is 32.2 Å². The van der Waals surface area contributed by atoms with E-state index in [0.29, 0.717) is 22.3 Å². The molecule has 1 N–H and O–H groups in total. The molecule has 3 aromatic rings. The predicted molar refractivity (Wildman–Crippen MR) is 118 cm³/mol. The average Bonchev–Trinajstić information content (AvgIpc) is 3.09. The fraction of sp³-hybridized carbons (Fsp3) is 0.160. The Morgan fingerprint density at radius 1 is 1.03 bits per heavy atom. The van der Waals surface area contributed by atoms with Gasteiger partial charge < -0.3 is 9.84 Å². The number of fused-ring (bicyclic) bond motifs is 1. The molecule has 0 aliphatic carbocycles. The Kier molecular flexibility index (Phi) is 6.21. The Morgan fingerprint density at radius 3 is 2.39 bits per heavy atom. The number of allylic oxidation sites excluding steroid dienone is 1. The summed E-state index contributed by atoms with van der Waals surface area (Å²) in [5, 5.41) is 9.03. The largest absolute Gasteiger partial charge is 0.508 e. The van der Waals surface area contributed by atoms with Gasteiger partial charge in [0.15, 0.2) is 5.78 Å². The third-order valence-corrected chi connectivity index (χ3v) is 6.48. The summed E-state index contributed by atoms with van der Waals surface area (Å²) in [6, 6.07) is 13.9. The van der Waals surface area contributed by atoms with E-state index in [9.17, 15) is 27.5 Å². The van der Waals surface area contributed by atoms with Crippen LogP contribution in [0.1, 0.15) is 40.5 Å². The van der Waals surface area contributed by atoms with Gasteiger partial charge in [-0.1, -0.05) is 30.3 Å². The summed E-state index contributed by atoms with van der Waals surface area (Å²) in [4.78, 5) is 11.7. The second kappa shape index (κ2) is 8.94. The topological polar surface area (TPSA) is 46.5 Å². The summed E-state index contributed by atoms with van der Waals surface area (Å²) in [7, 11) is 0. The van der Waals surface area contributed by atoms with Crippen molar-refractivity contribution in [3.63, 3.8) is 0 Å². The number of hydrogen-bond donors (Lipinski definition) is 1. The molecule has 0 radical (unpaired) electrons. The summed E-state index contributed by atoms with van der Waals surface area (Å²) < 4.78 is 61.0. The van der Waals surface area contributed by atoms with Crippen LogP contribution >= 0.6 is 11.8 Å². The molecule has 0 saturated carbocycles. The first-order chi connectivity index (χ1) is 15.6. The van der Waals surface area contributed by atoms with Crippen LogP contribution in [0.25, 0.3) is 6.08 Å². The number of halogens is 4. The second-order valence-corrected chi connectivity index (χ2v) is 8.72. The second-order valence-electron chi connectivity index (χ2n) is 7.54. The molecule has 3 nitrogen and oxygen atoms in total. The average molecular weight is 474 g/mol. The van der Waals surface area contributed by atoms with E-state index >= 15 is 0 Å². The molecule has 0 bridgehead atoms. The third-order valence-electron chi connectivity index (χ3n) is 5.11. The maximum absolute atomic E-state index is 13.7. The van der Waals surface area contributed by atoms with Gasteiger partial charge in [0.05, 0.1) is 10.8 Å². The van der Waals surface area contributed by atoms with Gasteiger partial charge in [0.25, 0.3) is 0 Å².